The highest BCUT2D eigenvalue weighted by atomic mass is 16.6. The van der Waals surface area contributed by atoms with Gasteiger partial charge in [-0.15, -0.1) is 0 Å². The molecule has 0 fully saturated rings. The van der Waals surface area contributed by atoms with Gasteiger partial charge in [0.1, 0.15) is 0 Å². The van der Waals surface area contributed by atoms with E-state index in [-0.39, 0.29) is 6.10 Å². The molecule has 2 nitrogen and oxygen atoms in total. The van der Waals surface area contributed by atoms with E-state index in [1.165, 1.54) is 5.57 Å². The summed E-state index contributed by atoms with van der Waals surface area (Å²) in [6.45, 7) is 7.99. The lowest BCUT2D eigenvalue weighted by Crippen LogP contribution is -2.14. The quantitative estimate of drug-likeness (QED) is 0.501. The molecule has 0 saturated heterocycles. The summed E-state index contributed by atoms with van der Waals surface area (Å²) in [6, 6.07) is 0. The molecule has 0 aromatic heterocycles. The zero-order chi connectivity index (χ0) is 8.85. The Hall–Kier alpha value is -0.600. The Bertz CT molecular complexity index is 170. The number of hydrogen-bond donors (Lipinski definition) is 1. The highest BCUT2D eigenvalue weighted by Gasteiger charge is 2.00. The van der Waals surface area contributed by atoms with Gasteiger partial charge in [0.25, 0.3) is 0 Å². The van der Waals surface area contributed by atoms with Crippen molar-refractivity contribution in [1.29, 1.82) is 0 Å². The van der Waals surface area contributed by atoms with E-state index in [0.717, 1.165) is 5.57 Å². The van der Waals surface area contributed by atoms with Crippen LogP contribution in [0, 0.1) is 0 Å². The smallest absolute Gasteiger partial charge is 0.0969 e. The van der Waals surface area contributed by atoms with Crippen LogP contribution >= 0.6 is 0 Å². The second-order valence-corrected chi connectivity index (χ2v) is 2.70. The molecule has 0 bridgehead atoms. The molecule has 1 unspecified atom stereocenters. The normalized spacial score (nSPS) is 16.8. The van der Waals surface area contributed by atoms with E-state index in [1.807, 2.05) is 33.8 Å². The van der Waals surface area contributed by atoms with E-state index in [2.05, 4.69) is 10.9 Å². The fourth-order valence-electron chi connectivity index (χ4n) is 0.667. The zero-order valence-corrected chi connectivity index (χ0v) is 7.72. The Morgan fingerprint density at radius 2 is 2.00 bits per heavy atom. The second kappa shape index (κ2) is 5.10. The van der Waals surface area contributed by atoms with Gasteiger partial charge in [0.05, 0.1) is 6.10 Å². The summed E-state index contributed by atoms with van der Waals surface area (Å²) < 4.78 is 0. The van der Waals surface area contributed by atoms with Crippen molar-refractivity contribution in [2.45, 2.75) is 33.8 Å². The van der Waals surface area contributed by atoms with Crippen molar-refractivity contribution in [1.82, 2.24) is 0 Å². The van der Waals surface area contributed by atoms with Crippen molar-refractivity contribution in [3.63, 3.8) is 0 Å². The number of rotatable bonds is 3. The van der Waals surface area contributed by atoms with E-state index in [0.29, 0.717) is 0 Å². The molecule has 1 atom stereocenters. The minimum atomic E-state index is 0.00454. The van der Waals surface area contributed by atoms with Crippen LogP contribution in [0.3, 0.4) is 0 Å². The molecule has 0 saturated carbocycles. The van der Waals surface area contributed by atoms with Crippen molar-refractivity contribution in [2.75, 3.05) is 0 Å². The molecule has 0 amide bonds. The van der Waals surface area contributed by atoms with Crippen LogP contribution < -0.4 is 5.90 Å². The standard InChI is InChI=1S/C9H17NO/c1-5-7(2)6-8(3)9(4)11-10/h5-6,9H,10H2,1-4H3/b7-5-,8-6-. The van der Waals surface area contributed by atoms with Gasteiger partial charge >= 0.3 is 0 Å². The van der Waals surface area contributed by atoms with Gasteiger partial charge in [0.15, 0.2) is 0 Å². The van der Waals surface area contributed by atoms with E-state index in [1.54, 1.807) is 0 Å². The van der Waals surface area contributed by atoms with Crippen molar-refractivity contribution in [3.8, 4) is 0 Å². The molecular formula is C9H17NO. The molecule has 0 aliphatic rings. The van der Waals surface area contributed by atoms with E-state index in [4.69, 9.17) is 5.90 Å². The third kappa shape index (κ3) is 3.96. The summed E-state index contributed by atoms with van der Waals surface area (Å²) in [5.74, 6) is 5.03. The average molecular weight is 155 g/mol. The molecule has 0 aromatic rings. The van der Waals surface area contributed by atoms with Gasteiger partial charge in [-0.3, -0.25) is 4.84 Å². The van der Waals surface area contributed by atoms with Crippen LogP contribution in [0.4, 0.5) is 0 Å². The summed E-state index contributed by atoms with van der Waals surface area (Å²) in [5, 5.41) is 0. The molecule has 64 valence electrons. The van der Waals surface area contributed by atoms with Crippen LogP contribution in [-0.4, -0.2) is 6.10 Å². The molecule has 0 rings (SSSR count). The first-order chi connectivity index (χ1) is 5.11. The summed E-state index contributed by atoms with van der Waals surface area (Å²) in [4.78, 5) is 4.66. The largest absolute Gasteiger partial charge is 0.297 e. The molecule has 11 heavy (non-hydrogen) atoms. The minimum absolute atomic E-state index is 0.00454. The van der Waals surface area contributed by atoms with Gasteiger partial charge in [-0.2, -0.15) is 0 Å². The Kier molecular flexibility index (Phi) is 4.83. The molecular weight excluding hydrogens is 138 g/mol. The van der Waals surface area contributed by atoms with Crippen molar-refractivity contribution in [3.05, 3.63) is 23.3 Å². The SMILES string of the molecule is C/C=C(C)\C=C(\C)C(C)ON. The molecule has 2 heteroatoms. The maximum atomic E-state index is 5.03. The van der Waals surface area contributed by atoms with Gasteiger partial charge in [0.2, 0.25) is 0 Å². The zero-order valence-electron chi connectivity index (χ0n) is 7.72. The number of nitrogens with two attached hydrogens (primary N) is 1. The van der Waals surface area contributed by atoms with E-state index in [9.17, 15) is 0 Å². The number of hydrogen-bond acceptors (Lipinski definition) is 2. The first-order valence-electron chi connectivity index (χ1n) is 3.78. The van der Waals surface area contributed by atoms with E-state index >= 15 is 0 Å². The topological polar surface area (TPSA) is 35.2 Å². The minimum Gasteiger partial charge on any atom is -0.297 e. The fraction of sp³-hybridized carbons (Fsp3) is 0.556. The predicted molar refractivity (Wildman–Crippen MR) is 47.9 cm³/mol. The first kappa shape index (κ1) is 10.4. The third-order valence-corrected chi connectivity index (χ3v) is 1.76. The van der Waals surface area contributed by atoms with Gasteiger partial charge in [-0.1, -0.05) is 17.7 Å². The highest BCUT2D eigenvalue weighted by molar-refractivity contribution is 5.21. The lowest BCUT2D eigenvalue weighted by Gasteiger charge is -2.08. The van der Waals surface area contributed by atoms with Crippen LogP contribution in [0.2, 0.25) is 0 Å². The summed E-state index contributed by atoms with van der Waals surface area (Å²) in [5.41, 5.74) is 2.37. The van der Waals surface area contributed by atoms with Gasteiger partial charge in [-0.25, -0.2) is 5.90 Å². The monoisotopic (exact) mass is 155 g/mol. The molecule has 0 spiro atoms. The first-order valence-corrected chi connectivity index (χ1v) is 3.78. The van der Waals surface area contributed by atoms with E-state index < -0.39 is 0 Å². The van der Waals surface area contributed by atoms with Crippen LogP contribution in [0.5, 0.6) is 0 Å². The molecule has 2 N–H and O–H groups in total. The van der Waals surface area contributed by atoms with Crippen molar-refractivity contribution < 1.29 is 4.84 Å². The molecule has 0 aliphatic carbocycles. The number of allylic oxidation sites excluding steroid dienone is 3. The lowest BCUT2D eigenvalue weighted by molar-refractivity contribution is 0.0914. The van der Waals surface area contributed by atoms with Gasteiger partial charge < -0.3 is 0 Å². The van der Waals surface area contributed by atoms with Crippen molar-refractivity contribution in [2.24, 2.45) is 5.90 Å². The lowest BCUT2D eigenvalue weighted by atomic mass is 10.1. The highest BCUT2D eigenvalue weighted by Crippen LogP contribution is 2.07. The average Bonchev–Trinajstić information content (AvgIpc) is 2.02. The Morgan fingerprint density at radius 3 is 2.36 bits per heavy atom. The maximum Gasteiger partial charge on any atom is 0.0969 e. The summed E-state index contributed by atoms with van der Waals surface area (Å²) >= 11 is 0. The van der Waals surface area contributed by atoms with Gasteiger partial charge in [-0.05, 0) is 33.3 Å². The van der Waals surface area contributed by atoms with Crippen LogP contribution in [-0.2, 0) is 4.84 Å². The van der Waals surface area contributed by atoms with Crippen LogP contribution in [0.1, 0.15) is 27.7 Å². The Labute approximate surface area is 68.7 Å². The van der Waals surface area contributed by atoms with Crippen molar-refractivity contribution >= 4 is 0 Å². The summed E-state index contributed by atoms with van der Waals surface area (Å²) in [6.07, 6.45) is 4.12. The van der Waals surface area contributed by atoms with Crippen LogP contribution in [0.15, 0.2) is 23.3 Å². The third-order valence-electron chi connectivity index (χ3n) is 1.76. The fourth-order valence-corrected chi connectivity index (χ4v) is 0.667. The van der Waals surface area contributed by atoms with Crippen LogP contribution in [0.25, 0.3) is 0 Å². The summed E-state index contributed by atoms with van der Waals surface area (Å²) in [7, 11) is 0. The molecule has 0 aromatic carbocycles. The van der Waals surface area contributed by atoms with Gasteiger partial charge in [0, 0.05) is 0 Å². The Morgan fingerprint density at radius 1 is 1.45 bits per heavy atom. The molecule has 0 heterocycles. The maximum absolute atomic E-state index is 5.03. The Balaban J connectivity index is 4.21. The predicted octanol–water partition coefficient (Wildman–Crippen LogP) is 2.18. The molecule has 0 radical (unpaired) electrons. The second-order valence-electron chi connectivity index (χ2n) is 2.70. The molecule has 0 aliphatic heterocycles.